The van der Waals surface area contributed by atoms with Crippen molar-refractivity contribution in [3.63, 3.8) is 0 Å². The Hall–Kier alpha value is -6.87. The van der Waals surface area contributed by atoms with E-state index < -0.39 is 22.9 Å². The molecule has 0 saturated carbocycles. The van der Waals surface area contributed by atoms with Crippen LogP contribution in [0.3, 0.4) is 0 Å². The van der Waals surface area contributed by atoms with E-state index in [1.165, 1.54) is 27.8 Å². The van der Waals surface area contributed by atoms with Crippen LogP contribution in [0.15, 0.2) is 94.8 Å². The summed E-state index contributed by atoms with van der Waals surface area (Å²) in [7, 11) is 0. The Bertz CT molecular complexity index is 3270. The molecule has 21 heteroatoms. The minimum Gasteiger partial charge on any atom is -0.380 e. The number of hydrogen-bond donors (Lipinski definition) is 3. The number of halogens is 2. The van der Waals surface area contributed by atoms with Crippen molar-refractivity contribution in [1.29, 1.82) is 0 Å². The predicted octanol–water partition coefficient (Wildman–Crippen LogP) is 5.73. The summed E-state index contributed by atoms with van der Waals surface area (Å²) < 4.78 is 13.2. The number of carbonyl (C=O) groups is 5. The molecule has 4 aliphatic rings. The number of nitrogens with one attached hydrogen (secondary N) is 3. The Morgan fingerprint density at radius 2 is 1.11 bits per heavy atom. The summed E-state index contributed by atoms with van der Waals surface area (Å²) in [6, 6.07) is 20.6. The number of aromatic nitrogens is 4. The van der Waals surface area contributed by atoms with Crippen molar-refractivity contribution in [2.75, 3.05) is 78.8 Å². The summed E-state index contributed by atoms with van der Waals surface area (Å²) in [6.07, 6.45) is 5.85. The fraction of sp³-hybridized carbons (Fsp3) is 0.431. The van der Waals surface area contributed by atoms with Crippen LogP contribution in [0.2, 0.25) is 10.0 Å². The van der Waals surface area contributed by atoms with Gasteiger partial charge in [-0.1, -0.05) is 75.2 Å². The Morgan fingerprint density at radius 3 is 1.63 bits per heavy atom. The van der Waals surface area contributed by atoms with E-state index in [1.54, 1.807) is 64.5 Å². The first-order valence-corrected chi connectivity index (χ1v) is 27.3. The smallest absolute Gasteiger partial charge is 0.265 e. The number of ether oxygens (including phenoxy) is 2. The van der Waals surface area contributed by atoms with Crippen LogP contribution in [0.25, 0.3) is 22.1 Å². The molecule has 19 nitrogen and oxygen atoms in total. The van der Waals surface area contributed by atoms with Crippen LogP contribution >= 0.6 is 23.2 Å². The summed E-state index contributed by atoms with van der Waals surface area (Å²) in [5.41, 5.74) is 2.40. The number of likely N-dealkylation sites (tertiary alicyclic amines) is 2. The van der Waals surface area contributed by atoms with E-state index >= 15 is 0 Å². The number of hydrogen-bond acceptors (Lipinski definition) is 13. The van der Waals surface area contributed by atoms with Gasteiger partial charge < -0.3 is 35.2 Å². The summed E-state index contributed by atoms with van der Waals surface area (Å²) >= 11 is 11.9. The van der Waals surface area contributed by atoms with Crippen LogP contribution in [0.5, 0.6) is 0 Å². The molecule has 4 fully saturated rings. The summed E-state index contributed by atoms with van der Waals surface area (Å²) in [5, 5.41) is 11.0. The van der Waals surface area contributed by atoms with Crippen LogP contribution in [0, 0.1) is 10.8 Å². The van der Waals surface area contributed by atoms with E-state index in [9.17, 15) is 33.6 Å². The van der Waals surface area contributed by atoms with Crippen LogP contribution in [0.4, 0.5) is 0 Å². The quantitative estimate of drug-likeness (QED) is 0.118. The molecule has 3 N–H and O–H groups in total. The van der Waals surface area contributed by atoms with Gasteiger partial charge in [-0.3, -0.25) is 47.6 Å². The van der Waals surface area contributed by atoms with Crippen molar-refractivity contribution in [3.8, 4) is 0 Å². The highest BCUT2D eigenvalue weighted by molar-refractivity contribution is 6.30. The predicted molar refractivity (Wildman–Crippen MR) is 302 cm³/mol. The zero-order valence-electron chi connectivity index (χ0n) is 45.2. The second kappa shape index (κ2) is 26.4. The van der Waals surface area contributed by atoms with E-state index in [-0.39, 0.29) is 65.6 Å². The second-order valence-corrected chi connectivity index (χ2v) is 22.7. The van der Waals surface area contributed by atoms with E-state index in [2.05, 4.69) is 58.5 Å². The van der Waals surface area contributed by atoms with Crippen molar-refractivity contribution in [3.05, 3.63) is 149 Å². The van der Waals surface area contributed by atoms with Crippen molar-refractivity contribution >= 4 is 75.2 Å². The van der Waals surface area contributed by atoms with E-state index in [1.807, 2.05) is 18.2 Å². The first kappa shape index (κ1) is 58.3. The van der Waals surface area contributed by atoms with Gasteiger partial charge >= 0.3 is 0 Å². The summed E-state index contributed by atoms with van der Waals surface area (Å²) in [4.78, 5) is 105. The van der Waals surface area contributed by atoms with Crippen LogP contribution in [-0.4, -0.2) is 143 Å². The minimum atomic E-state index is -0.615. The lowest BCUT2D eigenvalue weighted by Gasteiger charge is -2.45. The standard InChI is InChI=1S/C29H34ClN5O4.C24H23ClN4O4.C5H11NO/c1-29(2)18-34(19-29)25(36)17-35-26-22(12-21(15-31-26)16-33-8-3-10-39-11-9-33)13-24(28(35)38)27(37)32-14-20-4-6-23(30)7-5-20;1-24(2)13-28(14-24)20(31)11-29-21-17(7-16(12-30)10-26-21)8-19(23(29)33)22(32)27-9-15-3-5-18(25)6-4-15;1-2-6-3-5-7-4-1/h4-7,12-13,15H,3,8-11,14,16-19H2,1-2H3,(H,32,37);3-8,10,12H,9,11,13-14H2,1-2H3,(H,27,32);6H,1-5H2. The van der Waals surface area contributed by atoms with Gasteiger partial charge in [0.15, 0.2) is 6.29 Å². The molecule has 0 spiro atoms. The third kappa shape index (κ3) is 15.7. The number of pyridine rings is 4. The average molecular weight is 1120 g/mol. The van der Waals surface area contributed by atoms with Crippen LogP contribution in [0.1, 0.15) is 88.3 Å². The highest BCUT2D eigenvalue weighted by Gasteiger charge is 2.38. The molecule has 0 atom stereocenters. The van der Waals surface area contributed by atoms with Gasteiger partial charge in [0.05, 0.1) is 13.2 Å². The fourth-order valence-electron chi connectivity index (χ4n) is 9.80. The third-order valence-electron chi connectivity index (χ3n) is 13.8. The first-order chi connectivity index (χ1) is 37.8. The number of rotatable bonds is 13. The third-order valence-corrected chi connectivity index (χ3v) is 14.3. The molecular weight excluding hydrogens is 1050 g/mol. The molecule has 4 aromatic heterocycles. The monoisotopic (exact) mass is 1120 g/mol. The number of fused-ring (bicyclic) bond motifs is 2. The molecule has 6 aromatic rings. The molecule has 10 rings (SSSR count). The largest absolute Gasteiger partial charge is 0.380 e. The number of amides is 4. The molecule has 4 amide bonds. The van der Waals surface area contributed by atoms with Gasteiger partial charge in [0, 0.05) is 117 Å². The van der Waals surface area contributed by atoms with Crippen LogP contribution in [-0.2, 0) is 51.8 Å². The lowest BCUT2D eigenvalue weighted by Crippen LogP contribution is -2.56. The molecule has 0 aliphatic carbocycles. The molecule has 0 bridgehead atoms. The number of aldehydes is 1. The Balaban J connectivity index is 0.000000187. The number of benzene rings is 2. The van der Waals surface area contributed by atoms with E-state index in [0.717, 1.165) is 69.1 Å². The van der Waals surface area contributed by atoms with Crippen molar-refractivity contribution in [2.24, 2.45) is 10.8 Å². The van der Waals surface area contributed by atoms with Crippen LogP contribution < -0.4 is 27.1 Å². The average Bonchev–Trinajstić information content (AvgIpc) is 3.95. The topological polar surface area (TPSA) is 219 Å². The second-order valence-electron chi connectivity index (χ2n) is 21.9. The minimum absolute atomic E-state index is 0.0182. The molecular formula is C58H68Cl2N10O9. The number of carbonyl (C=O) groups excluding carboxylic acids is 5. The maximum absolute atomic E-state index is 13.6. The van der Waals surface area contributed by atoms with Crippen molar-refractivity contribution in [2.45, 2.75) is 73.3 Å². The molecule has 4 saturated heterocycles. The first-order valence-electron chi connectivity index (χ1n) is 26.6. The van der Waals surface area contributed by atoms with Gasteiger partial charge in [-0.2, -0.15) is 0 Å². The number of nitrogens with zero attached hydrogens (tertiary/aromatic N) is 7. The summed E-state index contributed by atoms with van der Waals surface area (Å²) in [5.74, 6) is -1.47. The lowest BCUT2D eigenvalue weighted by atomic mass is 9.84. The summed E-state index contributed by atoms with van der Waals surface area (Å²) in [6.45, 7) is 18.7. The van der Waals surface area contributed by atoms with Crippen molar-refractivity contribution < 1.29 is 33.4 Å². The molecule has 0 unspecified atom stereocenters. The molecule has 0 radical (unpaired) electrons. The Labute approximate surface area is 468 Å². The van der Waals surface area contributed by atoms with Gasteiger partial charge in [0.1, 0.15) is 35.5 Å². The van der Waals surface area contributed by atoms with Gasteiger partial charge in [0.2, 0.25) is 11.8 Å². The van der Waals surface area contributed by atoms with Gasteiger partial charge in [-0.05, 0) is 95.4 Å². The maximum atomic E-state index is 13.6. The molecule has 8 heterocycles. The van der Waals surface area contributed by atoms with Gasteiger partial charge in [0.25, 0.3) is 22.9 Å². The highest BCUT2D eigenvalue weighted by Crippen LogP contribution is 2.30. The Morgan fingerprint density at radius 1 is 0.620 bits per heavy atom. The van der Waals surface area contributed by atoms with E-state index in [4.69, 9.17) is 32.7 Å². The highest BCUT2D eigenvalue weighted by atomic mass is 35.5. The maximum Gasteiger partial charge on any atom is 0.265 e. The van der Waals surface area contributed by atoms with E-state index in [0.29, 0.717) is 77.6 Å². The SMILES string of the molecule is C1CNCCOC1.CC1(C)CN(C(=O)Cn2c(=O)c(C(=O)NCc3ccc(Cl)cc3)cc3cc(C=O)cnc32)C1.CC1(C)CN(C(=O)Cn2c(=O)c(C(=O)NCc3ccc(Cl)cc3)cc3cc(CN4CCCOCC4)cnc32)C1. The molecule has 2 aromatic carbocycles. The zero-order valence-corrected chi connectivity index (χ0v) is 46.7. The molecule has 4 aliphatic heterocycles. The molecule has 79 heavy (non-hydrogen) atoms. The molecule has 418 valence electrons. The van der Waals surface area contributed by atoms with Gasteiger partial charge in [-0.15, -0.1) is 0 Å². The van der Waals surface area contributed by atoms with Gasteiger partial charge in [-0.25, -0.2) is 9.97 Å². The normalized spacial score (nSPS) is 16.8. The Kier molecular flexibility index (Phi) is 19.5. The fourth-order valence-corrected chi connectivity index (χ4v) is 10.1. The zero-order chi connectivity index (χ0) is 56.3. The lowest BCUT2D eigenvalue weighted by molar-refractivity contribution is -0.142. The van der Waals surface area contributed by atoms with Crippen molar-refractivity contribution in [1.82, 2.24) is 49.8 Å².